The van der Waals surface area contributed by atoms with Crippen molar-refractivity contribution >= 4 is 11.6 Å². The number of nitrogens with one attached hydrogen (secondary N) is 1. The van der Waals surface area contributed by atoms with Crippen LogP contribution in [0.5, 0.6) is 11.5 Å². The smallest absolute Gasteiger partial charge is 0.224 e. The molecule has 23 heavy (non-hydrogen) atoms. The first-order valence-electron chi connectivity index (χ1n) is 7.42. The Morgan fingerprint density at radius 2 is 1.96 bits per heavy atom. The van der Waals surface area contributed by atoms with E-state index in [0.29, 0.717) is 30.9 Å². The predicted octanol–water partition coefficient (Wildman–Crippen LogP) is 3.94. The van der Waals surface area contributed by atoms with Gasteiger partial charge in [0, 0.05) is 12.5 Å². The third kappa shape index (κ3) is 4.98. The first-order chi connectivity index (χ1) is 11.1. The molecule has 0 aliphatic rings. The Kier molecular flexibility index (Phi) is 5.97. The Bertz CT molecular complexity index is 673. The lowest BCUT2D eigenvalue weighted by Gasteiger charge is -2.11. The van der Waals surface area contributed by atoms with Gasteiger partial charge in [-0.2, -0.15) is 0 Å². The second kappa shape index (κ2) is 8.17. The summed E-state index contributed by atoms with van der Waals surface area (Å²) in [5.41, 5.74) is 1.52. The average molecular weight is 317 g/mol. The molecule has 0 atom stereocenters. The van der Waals surface area contributed by atoms with Crippen molar-refractivity contribution in [1.82, 2.24) is 0 Å². The topological polar surface area (TPSA) is 47.6 Å². The van der Waals surface area contributed by atoms with Crippen LogP contribution in [0, 0.1) is 12.7 Å². The van der Waals surface area contributed by atoms with Crippen molar-refractivity contribution in [1.29, 1.82) is 0 Å². The number of carbonyl (C=O) groups excluding carboxylic acids is 1. The lowest BCUT2D eigenvalue weighted by molar-refractivity contribution is -0.116. The summed E-state index contributed by atoms with van der Waals surface area (Å²) in [6.07, 6.45) is 0.899. The van der Waals surface area contributed by atoms with E-state index >= 15 is 0 Å². The van der Waals surface area contributed by atoms with Gasteiger partial charge in [0.1, 0.15) is 17.3 Å². The van der Waals surface area contributed by atoms with Crippen molar-refractivity contribution in [3.63, 3.8) is 0 Å². The lowest BCUT2D eigenvalue weighted by Crippen LogP contribution is -2.13. The van der Waals surface area contributed by atoms with Crippen LogP contribution in [0.15, 0.2) is 42.5 Å². The van der Waals surface area contributed by atoms with Crippen molar-refractivity contribution in [2.45, 2.75) is 19.8 Å². The van der Waals surface area contributed by atoms with Gasteiger partial charge in [-0.25, -0.2) is 4.39 Å². The summed E-state index contributed by atoms with van der Waals surface area (Å²) in [4.78, 5) is 11.9. The number of methoxy groups -OCH3 is 1. The molecular formula is C18H20FNO3. The molecule has 122 valence electrons. The number of hydrogen-bond acceptors (Lipinski definition) is 3. The Morgan fingerprint density at radius 3 is 2.70 bits per heavy atom. The fourth-order valence-corrected chi connectivity index (χ4v) is 2.11. The fraction of sp³-hybridized carbons (Fsp3) is 0.278. The molecule has 0 aliphatic carbocycles. The summed E-state index contributed by atoms with van der Waals surface area (Å²) < 4.78 is 23.8. The number of benzene rings is 2. The third-order valence-corrected chi connectivity index (χ3v) is 3.34. The number of halogens is 1. The maximum absolute atomic E-state index is 13.1. The molecule has 0 radical (unpaired) electrons. The molecule has 0 aliphatic heterocycles. The second-order valence-electron chi connectivity index (χ2n) is 5.11. The van der Waals surface area contributed by atoms with Crippen molar-refractivity contribution in [3.8, 4) is 11.5 Å². The highest BCUT2D eigenvalue weighted by Gasteiger charge is 2.08. The van der Waals surface area contributed by atoms with Crippen LogP contribution in [0.3, 0.4) is 0 Å². The maximum Gasteiger partial charge on any atom is 0.224 e. The van der Waals surface area contributed by atoms with Gasteiger partial charge in [0.05, 0.1) is 19.4 Å². The van der Waals surface area contributed by atoms with E-state index in [4.69, 9.17) is 9.47 Å². The van der Waals surface area contributed by atoms with Crippen LogP contribution in [0.2, 0.25) is 0 Å². The zero-order chi connectivity index (χ0) is 16.7. The number of carbonyl (C=O) groups is 1. The van der Waals surface area contributed by atoms with E-state index in [1.54, 1.807) is 0 Å². The minimum absolute atomic E-state index is 0.164. The first-order valence-corrected chi connectivity index (χ1v) is 7.42. The number of amides is 1. The number of hydrogen-bond donors (Lipinski definition) is 1. The molecule has 1 amide bonds. The number of anilines is 1. The van der Waals surface area contributed by atoms with E-state index in [0.717, 1.165) is 11.3 Å². The Labute approximate surface area is 135 Å². The van der Waals surface area contributed by atoms with Crippen LogP contribution in [-0.4, -0.2) is 19.6 Å². The molecule has 0 saturated carbocycles. The van der Waals surface area contributed by atoms with Gasteiger partial charge in [-0.1, -0.05) is 18.2 Å². The largest absolute Gasteiger partial charge is 0.494 e. The molecule has 0 unspecified atom stereocenters. The van der Waals surface area contributed by atoms with Crippen molar-refractivity contribution in [3.05, 3.63) is 53.8 Å². The van der Waals surface area contributed by atoms with Crippen LogP contribution >= 0.6 is 0 Å². The van der Waals surface area contributed by atoms with Crippen molar-refractivity contribution in [2.24, 2.45) is 0 Å². The standard InChI is InChI=1S/C18H20FNO3/c1-13-6-3-4-7-16(13)23-11-5-8-18(21)20-15-10-9-14(19)12-17(15)22-2/h3-4,6-7,9-10,12H,5,8,11H2,1-2H3,(H,20,21). The molecule has 1 N–H and O–H groups in total. The molecule has 2 rings (SSSR count). The highest BCUT2D eigenvalue weighted by Crippen LogP contribution is 2.25. The maximum atomic E-state index is 13.1. The van der Waals surface area contributed by atoms with Gasteiger partial charge in [0.25, 0.3) is 0 Å². The zero-order valence-electron chi connectivity index (χ0n) is 13.3. The Morgan fingerprint density at radius 1 is 1.17 bits per heavy atom. The summed E-state index contributed by atoms with van der Waals surface area (Å²) >= 11 is 0. The number of para-hydroxylation sites is 1. The molecule has 0 fully saturated rings. The normalized spacial score (nSPS) is 10.2. The van der Waals surface area contributed by atoms with Gasteiger partial charge in [-0.15, -0.1) is 0 Å². The summed E-state index contributed by atoms with van der Waals surface area (Å²) in [7, 11) is 1.43. The third-order valence-electron chi connectivity index (χ3n) is 3.34. The summed E-state index contributed by atoms with van der Waals surface area (Å²) in [6, 6.07) is 11.7. The van der Waals surface area contributed by atoms with Crippen LogP contribution in [-0.2, 0) is 4.79 Å². The molecule has 0 saturated heterocycles. The van der Waals surface area contributed by atoms with E-state index in [1.807, 2.05) is 31.2 Å². The average Bonchev–Trinajstić information content (AvgIpc) is 2.54. The molecule has 5 heteroatoms. The van der Waals surface area contributed by atoms with Crippen LogP contribution in [0.1, 0.15) is 18.4 Å². The molecule has 0 aromatic heterocycles. The van der Waals surface area contributed by atoms with Crippen LogP contribution < -0.4 is 14.8 Å². The summed E-state index contributed by atoms with van der Waals surface area (Å²) in [5.74, 6) is 0.553. The Balaban J connectivity index is 1.78. The fourth-order valence-electron chi connectivity index (χ4n) is 2.11. The Hall–Kier alpha value is -2.56. The summed E-state index contributed by atoms with van der Waals surface area (Å²) in [6.45, 7) is 2.43. The van der Waals surface area contributed by atoms with Gasteiger partial charge >= 0.3 is 0 Å². The number of ether oxygens (including phenoxy) is 2. The molecule has 0 bridgehead atoms. The van der Waals surface area contributed by atoms with Gasteiger partial charge < -0.3 is 14.8 Å². The predicted molar refractivity (Wildman–Crippen MR) is 87.5 cm³/mol. The van der Waals surface area contributed by atoms with Crippen LogP contribution in [0.4, 0.5) is 10.1 Å². The lowest BCUT2D eigenvalue weighted by atomic mass is 10.2. The van der Waals surface area contributed by atoms with E-state index < -0.39 is 5.82 Å². The molecule has 2 aromatic carbocycles. The zero-order valence-corrected chi connectivity index (χ0v) is 13.3. The molecular weight excluding hydrogens is 297 g/mol. The minimum atomic E-state index is -0.411. The molecule has 0 heterocycles. The summed E-state index contributed by atoms with van der Waals surface area (Å²) in [5, 5.41) is 2.71. The SMILES string of the molecule is COc1cc(F)ccc1NC(=O)CCCOc1ccccc1C. The number of rotatable bonds is 7. The first kappa shape index (κ1) is 16.8. The highest BCUT2D eigenvalue weighted by molar-refractivity contribution is 5.92. The monoisotopic (exact) mass is 317 g/mol. The van der Waals surface area contributed by atoms with E-state index in [2.05, 4.69) is 5.32 Å². The van der Waals surface area contributed by atoms with Crippen molar-refractivity contribution < 1.29 is 18.7 Å². The molecule has 2 aromatic rings. The van der Waals surface area contributed by atoms with Gasteiger partial charge in [-0.05, 0) is 37.1 Å². The van der Waals surface area contributed by atoms with E-state index in [1.165, 1.54) is 25.3 Å². The van der Waals surface area contributed by atoms with E-state index in [-0.39, 0.29) is 5.91 Å². The van der Waals surface area contributed by atoms with Gasteiger partial charge in [0.2, 0.25) is 5.91 Å². The van der Waals surface area contributed by atoms with Gasteiger partial charge in [0.15, 0.2) is 0 Å². The quantitative estimate of drug-likeness (QED) is 0.787. The second-order valence-corrected chi connectivity index (χ2v) is 5.11. The van der Waals surface area contributed by atoms with Crippen LogP contribution in [0.25, 0.3) is 0 Å². The highest BCUT2D eigenvalue weighted by atomic mass is 19.1. The molecule has 4 nitrogen and oxygen atoms in total. The van der Waals surface area contributed by atoms with Gasteiger partial charge in [-0.3, -0.25) is 4.79 Å². The van der Waals surface area contributed by atoms with Crippen molar-refractivity contribution in [2.75, 3.05) is 19.0 Å². The minimum Gasteiger partial charge on any atom is -0.494 e. The van der Waals surface area contributed by atoms with E-state index in [9.17, 15) is 9.18 Å². The molecule has 0 spiro atoms. The number of aryl methyl sites for hydroxylation is 1.